The molecule has 2 aromatic heterocycles. The number of aryl methyl sites for hydroxylation is 2. The number of halogens is 1. The van der Waals surface area contributed by atoms with Crippen LogP contribution in [0.25, 0.3) is 11.0 Å². The lowest BCUT2D eigenvalue weighted by atomic mass is 10.2. The van der Waals surface area contributed by atoms with E-state index in [9.17, 15) is 4.79 Å². The van der Waals surface area contributed by atoms with Gasteiger partial charge in [0.05, 0.1) is 17.6 Å². The van der Waals surface area contributed by atoms with Crippen molar-refractivity contribution in [2.45, 2.75) is 19.4 Å². The maximum absolute atomic E-state index is 12.4. The average molecular weight is 395 g/mol. The van der Waals surface area contributed by atoms with Crippen LogP contribution in [0.15, 0.2) is 55.1 Å². The fraction of sp³-hybridized carbons (Fsp3) is 0.200. The van der Waals surface area contributed by atoms with Crippen molar-refractivity contribution in [3.05, 3.63) is 71.5 Å². The van der Waals surface area contributed by atoms with Crippen molar-refractivity contribution in [3.63, 3.8) is 0 Å². The molecule has 0 atom stereocenters. The smallest absolute Gasteiger partial charge is 0.224 e. The average Bonchev–Trinajstić information content (AvgIpc) is 3.28. The third-order valence-corrected chi connectivity index (χ3v) is 4.77. The van der Waals surface area contributed by atoms with Gasteiger partial charge in [0, 0.05) is 30.6 Å². The van der Waals surface area contributed by atoms with Crippen LogP contribution in [-0.2, 0) is 24.8 Å². The van der Waals surface area contributed by atoms with Crippen molar-refractivity contribution in [2.75, 3.05) is 5.32 Å². The lowest BCUT2D eigenvalue weighted by Crippen LogP contribution is -2.14. The zero-order chi connectivity index (χ0) is 19.5. The summed E-state index contributed by atoms with van der Waals surface area (Å²) in [5, 5.41) is 7.70. The van der Waals surface area contributed by atoms with E-state index in [1.807, 2.05) is 54.1 Å². The second kappa shape index (κ2) is 7.82. The molecular weight excluding hydrogens is 376 g/mol. The number of fused-ring (bicyclic) bond motifs is 1. The second-order valence-electron chi connectivity index (χ2n) is 6.56. The largest absolute Gasteiger partial charge is 0.331 e. The minimum Gasteiger partial charge on any atom is -0.331 e. The Hall–Kier alpha value is -3.19. The van der Waals surface area contributed by atoms with E-state index in [4.69, 9.17) is 11.6 Å². The summed E-state index contributed by atoms with van der Waals surface area (Å²) in [5.74, 6) is 0.801. The Labute approximate surface area is 167 Å². The van der Waals surface area contributed by atoms with Crippen molar-refractivity contribution in [2.24, 2.45) is 7.05 Å². The van der Waals surface area contributed by atoms with Crippen LogP contribution in [-0.4, -0.2) is 30.2 Å². The van der Waals surface area contributed by atoms with E-state index in [0.29, 0.717) is 24.4 Å². The van der Waals surface area contributed by atoms with Crippen LogP contribution in [0.5, 0.6) is 0 Å². The highest BCUT2D eigenvalue weighted by Crippen LogP contribution is 2.20. The van der Waals surface area contributed by atoms with Gasteiger partial charge in [0.1, 0.15) is 18.5 Å². The third kappa shape index (κ3) is 4.04. The molecule has 0 saturated carbocycles. The van der Waals surface area contributed by atoms with Gasteiger partial charge < -0.3 is 9.88 Å². The van der Waals surface area contributed by atoms with E-state index in [1.54, 1.807) is 11.0 Å². The van der Waals surface area contributed by atoms with Crippen LogP contribution in [0.1, 0.15) is 17.8 Å². The summed E-state index contributed by atoms with van der Waals surface area (Å²) >= 11 is 6.03. The number of nitrogens with one attached hydrogen (secondary N) is 1. The minimum absolute atomic E-state index is 0.0528. The summed E-state index contributed by atoms with van der Waals surface area (Å²) in [5.41, 5.74) is 3.64. The number of carbonyl (C=O) groups excluding carboxylic acids is 1. The fourth-order valence-corrected chi connectivity index (χ4v) is 3.31. The van der Waals surface area contributed by atoms with E-state index < -0.39 is 0 Å². The highest BCUT2D eigenvalue weighted by atomic mass is 35.5. The molecule has 2 heterocycles. The van der Waals surface area contributed by atoms with E-state index in [-0.39, 0.29) is 5.91 Å². The first-order valence-corrected chi connectivity index (χ1v) is 9.28. The van der Waals surface area contributed by atoms with Crippen molar-refractivity contribution in [1.82, 2.24) is 24.3 Å². The zero-order valence-corrected chi connectivity index (χ0v) is 16.1. The second-order valence-corrected chi connectivity index (χ2v) is 7.00. The normalized spacial score (nSPS) is 11.1. The van der Waals surface area contributed by atoms with Crippen LogP contribution in [0.2, 0.25) is 5.02 Å². The molecule has 0 spiro atoms. The lowest BCUT2D eigenvalue weighted by Gasteiger charge is -2.08. The fourth-order valence-electron chi connectivity index (χ4n) is 3.14. The molecular formula is C20H19ClN6O. The molecule has 0 saturated heterocycles. The van der Waals surface area contributed by atoms with Gasteiger partial charge in [-0.2, -0.15) is 5.10 Å². The van der Waals surface area contributed by atoms with Crippen LogP contribution >= 0.6 is 11.6 Å². The minimum atomic E-state index is -0.0528. The number of rotatable bonds is 6. The van der Waals surface area contributed by atoms with Crippen molar-refractivity contribution in [3.8, 4) is 0 Å². The Morgan fingerprint density at radius 1 is 1.21 bits per heavy atom. The molecule has 4 aromatic rings. The quantitative estimate of drug-likeness (QED) is 0.543. The maximum Gasteiger partial charge on any atom is 0.224 e. The summed E-state index contributed by atoms with van der Waals surface area (Å²) in [7, 11) is 1.95. The Morgan fingerprint density at radius 2 is 2.11 bits per heavy atom. The van der Waals surface area contributed by atoms with Gasteiger partial charge >= 0.3 is 0 Å². The molecule has 0 unspecified atom stereocenters. The molecule has 28 heavy (non-hydrogen) atoms. The molecule has 1 amide bonds. The summed E-state index contributed by atoms with van der Waals surface area (Å²) in [6, 6.07) is 13.3. The Balaban J connectivity index is 1.39. The van der Waals surface area contributed by atoms with Crippen LogP contribution < -0.4 is 5.32 Å². The molecule has 8 heteroatoms. The molecule has 2 aromatic carbocycles. The van der Waals surface area contributed by atoms with Gasteiger partial charge in [-0.25, -0.2) is 14.6 Å². The van der Waals surface area contributed by atoms with Gasteiger partial charge in [0.15, 0.2) is 0 Å². The van der Waals surface area contributed by atoms with E-state index in [1.165, 1.54) is 6.33 Å². The number of hydrogen-bond acceptors (Lipinski definition) is 4. The predicted octanol–water partition coefficient (Wildman–Crippen LogP) is 3.44. The highest BCUT2D eigenvalue weighted by molar-refractivity contribution is 6.31. The molecule has 0 bridgehead atoms. The molecule has 1 N–H and O–H groups in total. The first-order valence-electron chi connectivity index (χ1n) is 8.90. The molecule has 0 fully saturated rings. The van der Waals surface area contributed by atoms with Crippen LogP contribution in [0, 0.1) is 0 Å². The monoisotopic (exact) mass is 394 g/mol. The van der Waals surface area contributed by atoms with Crippen LogP contribution in [0.3, 0.4) is 0 Å². The Bertz CT molecular complexity index is 1120. The van der Waals surface area contributed by atoms with Gasteiger partial charge in [0.25, 0.3) is 0 Å². The van der Waals surface area contributed by atoms with Crippen molar-refractivity contribution < 1.29 is 4.79 Å². The first-order chi connectivity index (χ1) is 13.6. The third-order valence-electron chi connectivity index (χ3n) is 4.53. The summed E-state index contributed by atoms with van der Waals surface area (Å²) in [6.07, 6.45) is 4.06. The lowest BCUT2D eigenvalue weighted by molar-refractivity contribution is -0.116. The Kier molecular flexibility index (Phi) is 5.08. The van der Waals surface area contributed by atoms with Crippen molar-refractivity contribution >= 4 is 34.2 Å². The first kappa shape index (κ1) is 18.2. The standard InChI is InChI=1S/C20H19ClN6O/c1-26-18-6-5-15(21)10-17(18)25-19(26)7-8-20(28)24-16-4-2-3-14(9-16)11-27-13-22-12-23-27/h2-6,9-10,12-13H,7-8,11H2,1H3,(H,24,28). The predicted molar refractivity (Wildman–Crippen MR) is 108 cm³/mol. The van der Waals surface area contributed by atoms with Gasteiger partial charge in [-0.05, 0) is 35.9 Å². The molecule has 7 nitrogen and oxygen atoms in total. The van der Waals surface area contributed by atoms with Gasteiger partial charge in [-0.15, -0.1) is 0 Å². The molecule has 0 aliphatic rings. The number of amides is 1. The van der Waals surface area contributed by atoms with Crippen molar-refractivity contribution in [1.29, 1.82) is 0 Å². The number of aromatic nitrogens is 5. The maximum atomic E-state index is 12.4. The molecule has 4 rings (SSSR count). The SMILES string of the molecule is Cn1c(CCC(=O)Nc2cccc(Cn3cncn3)c2)nc2cc(Cl)ccc21. The number of hydrogen-bond donors (Lipinski definition) is 1. The van der Waals surface area contributed by atoms with E-state index >= 15 is 0 Å². The number of carbonyl (C=O) groups is 1. The summed E-state index contributed by atoms with van der Waals surface area (Å²) in [4.78, 5) is 20.9. The summed E-state index contributed by atoms with van der Waals surface area (Å²) in [6.45, 7) is 0.603. The molecule has 0 radical (unpaired) electrons. The molecule has 142 valence electrons. The van der Waals surface area contributed by atoms with E-state index in [0.717, 1.165) is 28.1 Å². The molecule has 0 aliphatic carbocycles. The van der Waals surface area contributed by atoms with Gasteiger partial charge in [0.2, 0.25) is 5.91 Å². The Morgan fingerprint density at radius 3 is 2.93 bits per heavy atom. The zero-order valence-electron chi connectivity index (χ0n) is 15.3. The highest BCUT2D eigenvalue weighted by Gasteiger charge is 2.11. The number of anilines is 1. The number of imidazole rings is 1. The molecule has 0 aliphatic heterocycles. The van der Waals surface area contributed by atoms with Crippen LogP contribution in [0.4, 0.5) is 5.69 Å². The number of nitrogens with zero attached hydrogens (tertiary/aromatic N) is 5. The van der Waals surface area contributed by atoms with Gasteiger partial charge in [-0.3, -0.25) is 4.79 Å². The summed E-state index contributed by atoms with van der Waals surface area (Å²) < 4.78 is 3.73. The van der Waals surface area contributed by atoms with E-state index in [2.05, 4.69) is 20.4 Å². The van der Waals surface area contributed by atoms with Gasteiger partial charge in [-0.1, -0.05) is 23.7 Å². The number of benzene rings is 2. The topological polar surface area (TPSA) is 77.6 Å².